The van der Waals surface area contributed by atoms with Gasteiger partial charge in [-0.1, -0.05) is 51.1 Å². The second-order valence-electron chi connectivity index (χ2n) is 9.65. The van der Waals surface area contributed by atoms with Gasteiger partial charge in [0.05, 0.1) is 10.7 Å². The first-order valence-electron chi connectivity index (χ1n) is 13.6. The van der Waals surface area contributed by atoms with E-state index in [0.29, 0.717) is 21.9 Å². The van der Waals surface area contributed by atoms with E-state index < -0.39 is 11.8 Å². The maximum atomic E-state index is 11.4. The lowest BCUT2D eigenvalue weighted by Gasteiger charge is -2.23. The van der Waals surface area contributed by atoms with Crippen LogP contribution in [0.2, 0.25) is 5.02 Å². The molecule has 41 heavy (non-hydrogen) atoms. The lowest BCUT2D eigenvalue weighted by Crippen LogP contribution is -2.30. The first kappa shape index (κ1) is 37.9. The molecule has 0 radical (unpaired) electrons. The number of amides is 3. The largest absolute Gasteiger partial charge is 0.373 e. The van der Waals surface area contributed by atoms with Gasteiger partial charge in [0.1, 0.15) is 5.82 Å². The molecule has 230 valence electrons. The Morgan fingerprint density at radius 2 is 1.76 bits per heavy atom. The van der Waals surface area contributed by atoms with E-state index in [1.54, 1.807) is 17.2 Å². The van der Waals surface area contributed by atoms with Crippen molar-refractivity contribution in [2.75, 3.05) is 40.1 Å². The number of anilines is 1. The molecule has 13 heteroatoms. The van der Waals surface area contributed by atoms with Crippen LogP contribution in [-0.4, -0.2) is 78.5 Å². The number of likely N-dealkylation sites (N-methyl/N-ethyl adjacent to an activating group) is 1. The summed E-state index contributed by atoms with van der Waals surface area (Å²) in [4.78, 5) is 53.8. The monoisotopic (exact) mass is 611 g/mol. The predicted molar refractivity (Wildman–Crippen MR) is 166 cm³/mol. The molecule has 0 bridgehead atoms. The van der Waals surface area contributed by atoms with Crippen molar-refractivity contribution in [3.8, 4) is 0 Å². The van der Waals surface area contributed by atoms with Gasteiger partial charge in [0.15, 0.2) is 5.01 Å². The average molecular weight is 612 g/mol. The van der Waals surface area contributed by atoms with Gasteiger partial charge in [0, 0.05) is 57.6 Å². The molecule has 1 aliphatic heterocycles. The fraction of sp³-hybridized carbons (Fsp3) is 0.571. The van der Waals surface area contributed by atoms with Crippen LogP contribution in [0.3, 0.4) is 0 Å². The van der Waals surface area contributed by atoms with E-state index in [1.165, 1.54) is 41.9 Å². The molecule has 0 unspecified atom stereocenters. The number of aromatic nitrogens is 2. The van der Waals surface area contributed by atoms with Crippen molar-refractivity contribution >= 4 is 52.8 Å². The first-order valence-corrected chi connectivity index (χ1v) is 14.8. The molecule has 11 nitrogen and oxygen atoms in total. The molecule has 2 aromatic rings. The number of nitrogens with one attached hydrogen (secondary N) is 1. The van der Waals surface area contributed by atoms with Gasteiger partial charge in [0.25, 0.3) is 11.8 Å². The standard InChI is InChI=1S/C9H17NO.C8H11N3OS.C6H7ClN2.C3H8.C2H3NO2/c1-10(2)9(11)8-6-4-3-5-7-8;1-11-3-2-5-6(4-11)13-8(10-5)7(9)12;1-8-6-3-2-5(7)4-9-6;1-3-2;3-2(5)1-4/h8H,3-7H2,1-2H3;2-4H2,1H3,(H2,9,12);2-4H,1H3,(H,8,9);3H2,1-2H3;1H,(H2,3,5). The molecule has 4 rings (SSSR count). The minimum absolute atomic E-state index is 0.0556. The summed E-state index contributed by atoms with van der Waals surface area (Å²) in [7, 11) is 7.57. The SMILES string of the molecule is CCC.CN(C)C(=O)C1CCCCC1.CN1CCc2nc(C(N)=O)sc2C1.CNc1ccc(Cl)cn1.NC(=O)C=O. The third kappa shape index (κ3) is 16.7. The summed E-state index contributed by atoms with van der Waals surface area (Å²) in [5.41, 5.74) is 10.5. The average Bonchev–Trinajstić information content (AvgIpc) is 3.39. The Hall–Kier alpha value is -3.09. The fourth-order valence-corrected chi connectivity index (χ4v) is 4.82. The number of carbonyl (C=O) groups is 4. The normalized spacial score (nSPS) is 13.9. The van der Waals surface area contributed by atoms with Crippen LogP contribution in [0.25, 0.3) is 0 Å². The summed E-state index contributed by atoms with van der Waals surface area (Å²) in [5, 5.41) is 3.99. The summed E-state index contributed by atoms with van der Waals surface area (Å²) >= 11 is 7.00. The highest BCUT2D eigenvalue weighted by Gasteiger charge is 2.22. The molecule has 1 fully saturated rings. The molecule has 0 aromatic carbocycles. The first-order chi connectivity index (χ1) is 19.4. The molecule has 3 heterocycles. The Kier molecular flexibility index (Phi) is 20.0. The molecule has 0 spiro atoms. The van der Waals surface area contributed by atoms with Crippen LogP contribution in [0.15, 0.2) is 18.3 Å². The topological polar surface area (TPSA) is 165 Å². The van der Waals surface area contributed by atoms with Crippen LogP contribution in [-0.2, 0) is 27.3 Å². The third-order valence-corrected chi connectivity index (χ3v) is 6.95. The van der Waals surface area contributed by atoms with Crippen LogP contribution in [0.5, 0.6) is 0 Å². The van der Waals surface area contributed by atoms with Crippen LogP contribution in [0, 0.1) is 5.92 Å². The number of primary amides is 2. The maximum absolute atomic E-state index is 11.4. The molecule has 3 amide bonds. The summed E-state index contributed by atoms with van der Waals surface area (Å²) < 4.78 is 0. The van der Waals surface area contributed by atoms with E-state index in [-0.39, 0.29) is 6.29 Å². The minimum atomic E-state index is -0.926. The molecule has 2 aliphatic rings. The van der Waals surface area contributed by atoms with Crippen molar-refractivity contribution in [3.63, 3.8) is 0 Å². The van der Waals surface area contributed by atoms with Gasteiger partial charge in [-0.3, -0.25) is 19.2 Å². The molecule has 0 saturated heterocycles. The number of nitrogens with zero attached hydrogens (tertiary/aromatic N) is 4. The zero-order valence-electron chi connectivity index (χ0n) is 25.1. The van der Waals surface area contributed by atoms with Crippen molar-refractivity contribution in [3.05, 3.63) is 38.9 Å². The van der Waals surface area contributed by atoms with Crippen molar-refractivity contribution in [1.82, 2.24) is 19.8 Å². The molecule has 2 aromatic heterocycles. The smallest absolute Gasteiger partial charge is 0.281 e. The zero-order valence-corrected chi connectivity index (χ0v) is 26.7. The van der Waals surface area contributed by atoms with Crippen molar-refractivity contribution < 1.29 is 19.2 Å². The molecule has 1 aliphatic carbocycles. The van der Waals surface area contributed by atoms with Crippen molar-refractivity contribution in [2.45, 2.75) is 65.3 Å². The highest BCUT2D eigenvalue weighted by atomic mass is 35.5. The zero-order chi connectivity index (χ0) is 31.4. The number of aldehydes is 1. The van der Waals surface area contributed by atoms with Gasteiger partial charge < -0.3 is 26.6 Å². The van der Waals surface area contributed by atoms with Gasteiger partial charge in [-0.15, -0.1) is 11.3 Å². The number of halogens is 1. The van der Waals surface area contributed by atoms with Gasteiger partial charge in [0.2, 0.25) is 12.2 Å². The number of nitrogens with two attached hydrogens (primary N) is 2. The summed E-state index contributed by atoms with van der Waals surface area (Å²) in [6.45, 7) is 6.15. The van der Waals surface area contributed by atoms with E-state index in [0.717, 1.165) is 43.9 Å². The number of hydrogen-bond donors (Lipinski definition) is 3. The lowest BCUT2D eigenvalue weighted by atomic mass is 9.88. The number of fused-ring (bicyclic) bond motifs is 1. The summed E-state index contributed by atoms with van der Waals surface area (Å²) in [5.74, 6) is 0.148. The highest BCUT2D eigenvalue weighted by Crippen LogP contribution is 2.25. The Morgan fingerprint density at radius 1 is 1.17 bits per heavy atom. The second-order valence-corrected chi connectivity index (χ2v) is 11.2. The van der Waals surface area contributed by atoms with E-state index >= 15 is 0 Å². The lowest BCUT2D eigenvalue weighted by molar-refractivity contribution is -0.133. The van der Waals surface area contributed by atoms with E-state index in [2.05, 4.69) is 46.8 Å². The molecular formula is C28H46ClN7O4S. The van der Waals surface area contributed by atoms with Crippen LogP contribution in [0.1, 0.15) is 72.7 Å². The highest BCUT2D eigenvalue weighted by molar-refractivity contribution is 7.13. The quantitative estimate of drug-likeness (QED) is 0.347. The fourth-order valence-electron chi connectivity index (χ4n) is 3.67. The molecule has 5 N–H and O–H groups in total. The number of carbonyl (C=O) groups excluding carboxylic acids is 4. The molecule has 0 atom stereocenters. The Labute approximate surface area is 253 Å². The molecule has 1 saturated carbocycles. The van der Waals surface area contributed by atoms with Gasteiger partial charge in [-0.25, -0.2) is 9.97 Å². The van der Waals surface area contributed by atoms with Gasteiger partial charge in [-0.05, 0) is 32.0 Å². The second kappa shape index (κ2) is 21.6. The Balaban J connectivity index is 0.000000525. The van der Waals surface area contributed by atoms with Crippen molar-refractivity contribution in [2.24, 2.45) is 17.4 Å². The van der Waals surface area contributed by atoms with Crippen LogP contribution >= 0.6 is 22.9 Å². The van der Waals surface area contributed by atoms with Crippen molar-refractivity contribution in [1.29, 1.82) is 0 Å². The number of hydrogen-bond acceptors (Lipinski definition) is 9. The van der Waals surface area contributed by atoms with Crippen LogP contribution in [0.4, 0.5) is 5.82 Å². The van der Waals surface area contributed by atoms with E-state index in [9.17, 15) is 14.4 Å². The predicted octanol–water partition coefficient (Wildman–Crippen LogP) is 3.75. The number of thiazole rings is 1. The Bertz CT molecular complexity index is 1060. The van der Waals surface area contributed by atoms with Gasteiger partial charge >= 0.3 is 0 Å². The van der Waals surface area contributed by atoms with E-state index in [1.807, 2.05) is 27.2 Å². The van der Waals surface area contributed by atoms with E-state index in [4.69, 9.17) is 22.1 Å². The summed E-state index contributed by atoms with van der Waals surface area (Å²) in [6, 6.07) is 3.61. The number of rotatable bonds is 4. The maximum Gasteiger partial charge on any atom is 0.281 e. The van der Waals surface area contributed by atoms with Crippen LogP contribution < -0.4 is 16.8 Å². The minimum Gasteiger partial charge on any atom is -0.373 e. The molecular weight excluding hydrogens is 566 g/mol. The third-order valence-electron chi connectivity index (χ3n) is 5.63. The number of pyridine rings is 1. The summed E-state index contributed by atoms with van der Waals surface area (Å²) in [6.07, 6.45) is 9.85. The Morgan fingerprint density at radius 3 is 2.20 bits per heavy atom. The van der Waals surface area contributed by atoms with Gasteiger partial charge in [-0.2, -0.15) is 0 Å².